The van der Waals surface area contributed by atoms with Crippen LogP contribution in [0.2, 0.25) is 0 Å². The molecule has 2 rings (SSSR count). The van der Waals surface area contributed by atoms with E-state index >= 15 is 0 Å². The van der Waals surface area contributed by atoms with Gasteiger partial charge in [-0.05, 0) is 30.5 Å². The number of hydrogen-bond donors (Lipinski definition) is 1. The summed E-state index contributed by atoms with van der Waals surface area (Å²) >= 11 is 0. The Labute approximate surface area is 117 Å². The molecule has 0 saturated heterocycles. The molecule has 0 spiro atoms. The zero-order chi connectivity index (χ0) is 14.5. The fourth-order valence-electron chi connectivity index (χ4n) is 1.85. The Morgan fingerprint density at radius 3 is 2.85 bits per heavy atom. The summed E-state index contributed by atoms with van der Waals surface area (Å²) in [5, 5.41) is 7.66. The van der Waals surface area contributed by atoms with Crippen LogP contribution in [0.15, 0.2) is 24.4 Å². The first kappa shape index (κ1) is 14.5. The molecule has 0 aliphatic heterocycles. The molecule has 108 valence electrons. The molecule has 2 N–H and O–H groups in total. The Balaban J connectivity index is 1.98. The third-order valence-corrected chi connectivity index (χ3v) is 3.04. The maximum Gasteiger partial charge on any atom is 0.165 e. The van der Waals surface area contributed by atoms with Crippen molar-refractivity contribution in [2.45, 2.75) is 32.4 Å². The topological polar surface area (TPSA) is 66.0 Å². The second kappa shape index (κ2) is 6.47. The highest BCUT2D eigenvalue weighted by atomic mass is 19.1. The van der Waals surface area contributed by atoms with E-state index in [4.69, 9.17) is 10.5 Å². The van der Waals surface area contributed by atoms with Crippen molar-refractivity contribution in [1.82, 2.24) is 15.0 Å². The summed E-state index contributed by atoms with van der Waals surface area (Å²) in [6.07, 6.45) is 3.26. The minimum atomic E-state index is -0.380. The van der Waals surface area contributed by atoms with Crippen LogP contribution in [0.25, 0.3) is 0 Å². The molecule has 1 atom stereocenters. The van der Waals surface area contributed by atoms with Crippen molar-refractivity contribution < 1.29 is 9.13 Å². The van der Waals surface area contributed by atoms with Crippen LogP contribution in [0.1, 0.15) is 24.6 Å². The summed E-state index contributed by atoms with van der Waals surface area (Å²) in [7, 11) is 1.77. The maximum absolute atomic E-state index is 13.9. The third kappa shape index (κ3) is 3.77. The molecule has 1 aromatic heterocycles. The van der Waals surface area contributed by atoms with Crippen LogP contribution in [0.3, 0.4) is 0 Å². The predicted octanol–water partition coefficient (Wildman–Crippen LogP) is 1.81. The number of hydrogen-bond acceptors (Lipinski definition) is 4. The Hall–Kier alpha value is -1.95. The molecule has 1 heterocycles. The first-order chi connectivity index (χ1) is 9.58. The highest BCUT2D eigenvalue weighted by molar-refractivity contribution is 5.30. The SMILES string of the molecule is CCC(N)Cc1ccc(OCc2cn(C)nn2)c(F)c1. The highest BCUT2D eigenvalue weighted by Crippen LogP contribution is 2.20. The number of nitrogens with two attached hydrogens (primary N) is 1. The number of aromatic nitrogens is 3. The van der Waals surface area contributed by atoms with E-state index in [1.54, 1.807) is 24.0 Å². The lowest BCUT2D eigenvalue weighted by Crippen LogP contribution is -2.21. The number of rotatable bonds is 6. The van der Waals surface area contributed by atoms with Crippen molar-refractivity contribution in [1.29, 1.82) is 0 Å². The highest BCUT2D eigenvalue weighted by Gasteiger charge is 2.08. The second-order valence-corrected chi connectivity index (χ2v) is 4.81. The fourth-order valence-corrected chi connectivity index (χ4v) is 1.85. The molecule has 6 heteroatoms. The van der Waals surface area contributed by atoms with Crippen LogP contribution in [0.5, 0.6) is 5.75 Å². The third-order valence-electron chi connectivity index (χ3n) is 3.04. The maximum atomic E-state index is 13.9. The van der Waals surface area contributed by atoms with Crippen LogP contribution in [0.4, 0.5) is 4.39 Å². The van der Waals surface area contributed by atoms with E-state index in [9.17, 15) is 4.39 Å². The lowest BCUT2D eigenvalue weighted by atomic mass is 10.0. The summed E-state index contributed by atoms with van der Waals surface area (Å²) in [5.74, 6) is -0.167. The van der Waals surface area contributed by atoms with E-state index in [1.807, 2.05) is 13.0 Å². The van der Waals surface area contributed by atoms with Gasteiger partial charge in [0.25, 0.3) is 0 Å². The van der Waals surface area contributed by atoms with Gasteiger partial charge in [-0.2, -0.15) is 0 Å². The van der Waals surface area contributed by atoms with Gasteiger partial charge in [0.1, 0.15) is 12.3 Å². The Morgan fingerprint density at radius 2 is 2.25 bits per heavy atom. The normalized spacial score (nSPS) is 12.4. The smallest absolute Gasteiger partial charge is 0.165 e. The molecule has 0 aliphatic carbocycles. The van der Waals surface area contributed by atoms with Crippen LogP contribution in [-0.4, -0.2) is 21.0 Å². The summed E-state index contributed by atoms with van der Waals surface area (Å²) in [6.45, 7) is 2.21. The van der Waals surface area contributed by atoms with Crippen molar-refractivity contribution in [2.24, 2.45) is 12.8 Å². The van der Waals surface area contributed by atoms with Gasteiger partial charge in [-0.3, -0.25) is 4.68 Å². The largest absolute Gasteiger partial charge is 0.484 e. The Bertz CT molecular complexity index is 570. The Morgan fingerprint density at radius 1 is 1.45 bits per heavy atom. The van der Waals surface area contributed by atoms with Gasteiger partial charge in [-0.25, -0.2) is 4.39 Å². The van der Waals surface area contributed by atoms with Gasteiger partial charge in [-0.1, -0.05) is 18.2 Å². The van der Waals surface area contributed by atoms with Gasteiger partial charge >= 0.3 is 0 Å². The monoisotopic (exact) mass is 278 g/mol. The zero-order valence-corrected chi connectivity index (χ0v) is 11.7. The average Bonchev–Trinajstić information content (AvgIpc) is 2.83. The molecule has 20 heavy (non-hydrogen) atoms. The molecular formula is C14H19FN4O. The summed E-state index contributed by atoms with van der Waals surface area (Å²) < 4.78 is 20.9. The van der Waals surface area contributed by atoms with Crippen molar-refractivity contribution in [3.05, 3.63) is 41.5 Å². The van der Waals surface area contributed by atoms with E-state index < -0.39 is 0 Å². The van der Waals surface area contributed by atoms with Gasteiger partial charge in [0.2, 0.25) is 0 Å². The standard InChI is InChI=1S/C14H19FN4O/c1-3-11(16)6-10-4-5-14(13(15)7-10)20-9-12-8-19(2)18-17-12/h4-5,7-8,11H,3,6,9,16H2,1-2H3. The van der Waals surface area contributed by atoms with E-state index in [0.717, 1.165) is 12.0 Å². The molecule has 0 bridgehead atoms. The first-order valence-corrected chi connectivity index (χ1v) is 6.60. The molecule has 1 aromatic carbocycles. The van der Waals surface area contributed by atoms with Crippen molar-refractivity contribution in [3.8, 4) is 5.75 Å². The molecule has 0 fully saturated rings. The lowest BCUT2D eigenvalue weighted by Gasteiger charge is -2.10. The molecule has 2 aromatic rings. The van der Waals surface area contributed by atoms with Crippen LogP contribution < -0.4 is 10.5 Å². The van der Waals surface area contributed by atoms with Crippen molar-refractivity contribution >= 4 is 0 Å². The molecular weight excluding hydrogens is 259 g/mol. The van der Waals surface area contributed by atoms with Crippen LogP contribution >= 0.6 is 0 Å². The second-order valence-electron chi connectivity index (χ2n) is 4.81. The summed E-state index contributed by atoms with van der Waals surface area (Å²) in [4.78, 5) is 0. The zero-order valence-electron chi connectivity index (χ0n) is 11.7. The number of halogens is 1. The van der Waals surface area contributed by atoms with Crippen molar-refractivity contribution in [2.75, 3.05) is 0 Å². The van der Waals surface area contributed by atoms with E-state index in [1.165, 1.54) is 6.07 Å². The summed E-state index contributed by atoms with van der Waals surface area (Å²) in [6, 6.07) is 5.00. The van der Waals surface area contributed by atoms with Crippen molar-refractivity contribution in [3.63, 3.8) is 0 Å². The number of aryl methyl sites for hydroxylation is 1. The van der Waals surface area contributed by atoms with E-state index in [0.29, 0.717) is 12.1 Å². The predicted molar refractivity (Wildman–Crippen MR) is 73.7 cm³/mol. The Kier molecular flexibility index (Phi) is 4.68. The van der Waals surface area contributed by atoms with E-state index in [2.05, 4.69) is 10.3 Å². The molecule has 1 unspecified atom stereocenters. The first-order valence-electron chi connectivity index (χ1n) is 6.60. The number of nitrogens with zero attached hydrogens (tertiary/aromatic N) is 3. The minimum absolute atomic E-state index is 0.0563. The van der Waals surface area contributed by atoms with E-state index in [-0.39, 0.29) is 24.2 Å². The average molecular weight is 278 g/mol. The van der Waals surface area contributed by atoms with Gasteiger partial charge in [-0.15, -0.1) is 5.10 Å². The molecule has 0 aliphatic rings. The fraction of sp³-hybridized carbons (Fsp3) is 0.429. The van der Waals surface area contributed by atoms with Gasteiger partial charge in [0.15, 0.2) is 11.6 Å². The number of ether oxygens (including phenoxy) is 1. The molecule has 0 radical (unpaired) electrons. The van der Waals surface area contributed by atoms with Crippen LogP contribution in [0, 0.1) is 5.82 Å². The molecule has 5 nitrogen and oxygen atoms in total. The minimum Gasteiger partial charge on any atom is -0.484 e. The quantitative estimate of drug-likeness (QED) is 0.875. The lowest BCUT2D eigenvalue weighted by molar-refractivity contribution is 0.285. The number of benzene rings is 1. The van der Waals surface area contributed by atoms with Crippen LogP contribution in [-0.2, 0) is 20.1 Å². The molecule has 0 saturated carbocycles. The molecule has 0 amide bonds. The van der Waals surface area contributed by atoms with Gasteiger partial charge < -0.3 is 10.5 Å². The summed E-state index contributed by atoms with van der Waals surface area (Å²) in [5.41, 5.74) is 7.39. The van der Waals surface area contributed by atoms with Gasteiger partial charge in [0, 0.05) is 13.1 Å². The van der Waals surface area contributed by atoms with Gasteiger partial charge in [0.05, 0.1) is 6.20 Å².